The lowest BCUT2D eigenvalue weighted by molar-refractivity contribution is -0.687. The third kappa shape index (κ3) is 3.16. The molecule has 1 saturated heterocycles. The highest BCUT2D eigenvalue weighted by atomic mass is 32.2. The van der Waals surface area contributed by atoms with Crippen LogP contribution in [-0.4, -0.2) is 33.0 Å². The monoisotopic (exact) mass is 332 g/mol. The van der Waals surface area contributed by atoms with Gasteiger partial charge in [0, 0.05) is 17.4 Å². The van der Waals surface area contributed by atoms with Crippen molar-refractivity contribution in [2.45, 2.75) is 24.9 Å². The quantitative estimate of drug-likeness (QED) is 0.571. The molecule has 0 aliphatic carbocycles. The molecule has 0 spiro atoms. The molecule has 2 aliphatic rings. The zero-order valence-corrected chi connectivity index (χ0v) is 13.2. The molecule has 1 fully saturated rings. The molecular formula is C16H16N2O4S. The summed E-state index contributed by atoms with van der Waals surface area (Å²) >= 11 is 1.56. The summed E-state index contributed by atoms with van der Waals surface area (Å²) in [6.45, 7) is 0.513. The molecule has 0 aromatic carbocycles. The van der Waals surface area contributed by atoms with Crippen molar-refractivity contribution in [3.63, 3.8) is 0 Å². The number of aliphatic hydroxyl groups is 1. The minimum Gasteiger partial charge on any atom is -0.543 e. The molecule has 0 radical (unpaired) electrons. The van der Waals surface area contributed by atoms with Crippen LogP contribution in [0.15, 0.2) is 47.9 Å². The summed E-state index contributed by atoms with van der Waals surface area (Å²) in [4.78, 5) is 24.3. The van der Waals surface area contributed by atoms with Gasteiger partial charge < -0.3 is 15.0 Å². The first-order chi connectivity index (χ1) is 11.1. The van der Waals surface area contributed by atoms with E-state index in [0.29, 0.717) is 24.3 Å². The zero-order valence-electron chi connectivity index (χ0n) is 12.3. The van der Waals surface area contributed by atoms with Crippen LogP contribution in [0.2, 0.25) is 0 Å². The number of carbonyl (C=O) groups excluding carboxylic acids is 2. The van der Waals surface area contributed by atoms with E-state index < -0.39 is 5.97 Å². The summed E-state index contributed by atoms with van der Waals surface area (Å²) in [6.07, 6.45) is 7.65. The van der Waals surface area contributed by atoms with E-state index in [1.54, 1.807) is 17.8 Å². The second-order valence-electron chi connectivity index (χ2n) is 5.36. The molecule has 23 heavy (non-hydrogen) atoms. The number of carboxylic acids is 1. The second kappa shape index (κ2) is 6.55. The molecule has 0 saturated carbocycles. The molecule has 1 aromatic rings. The molecular weight excluding hydrogens is 316 g/mol. The molecule has 0 unspecified atom stereocenters. The Labute approximate surface area is 137 Å². The fourth-order valence-corrected chi connectivity index (χ4v) is 3.89. The van der Waals surface area contributed by atoms with Crippen LogP contribution in [0, 0.1) is 0 Å². The van der Waals surface area contributed by atoms with Gasteiger partial charge in [-0.25, -0.2) is 4.57 Å². The van der Waals surface area contributed by atoms with Gasteiger partial charge in [0.05, 0.1) is 30.1 Å². The first-order valence-corrected chi connectivity index (χ1v) is 8.28. The van der Waals surface area contributed by atoms with E-state index in [2.05, 4.69) is 0 Å². The number of aromatic nitrogens is 1. The van der Waals surface area contributed by atoms with Gasteiger partial charge in [-0.3, -0.25) is 9.69 Å². The largest absolute Gasteiger partial charge is 0.543 e. The summed E-state index contributed by atoms with van der Waals surface area (Å²) in [7, 11) is 0. The van der Waals surface area contributed by atoms with Crippen LogP contribution >= 0.6 is 11.8 Å². The van der Waals surface area contributed by atoms with Gasteiger partial charge in [0.15, 0.2) is 18.9 Å². The Morgan fingerprint density at radius 1 is 1.57 bits per heavy atom. The molecule has 1 aromatic heterocycles. The van der Waals surface area contributed by atoms with Gasteiger partial charge in [-0.05, 0) is 17.7 Å². The Balaban J connectivity index is 1.78. The van der Waals surface area contributed by atoms with E-state index in [1.165, 1.54) is 4.90 Å². The van der Waals surface area contributed by atoms with Crippen LogP contribution < -0.4 is 9.67 Å². The van der Waals surface area contributed by atoms with Gasteiger partial charge in [-0.1, -0.05) is 6.08 Å². The highest BCUT2D eigenvalue weighted by molar-refractivity contribution is 8.00. The van der Waals surface area contributed by atoms with Crippen LogP contribution in [0.4, 0.5) is 0 Å². The normalized spacial score (nSPS) is 20.7. The number of thioether (sulfide) groups is 1. The molecule has 1 amide bonds. The van der Waals surface area contributed by atoms with Crippen LogP contribution in [0.1, 0.15) is 12.0 Å². The maximum Gasteiger partial charge on any atom is 0.231 e. The zero-order chi connectivity index (χ0) is 16.4. The predicted octanol–water partition coefficient (Wildman–Crippen LogP) is -0.668. The lowest BCUT2D eigenvalue weighted by Gasteiger charge is -2.45. The number of carboxylic acid groups (broad SMARTS) is 1. The Kier molecular flexibility index (Phi) is 4.49. The Morgan fingerprint density at radius 2 is 2.39 bits per heavy atom. The lowest BCUT2D eigenvalue weighted by atomic mass is 10.1. The van der Waals surface area contributed by atoms with E-state index in [9.17, 15) is 14.7 Å². The lowest BCUT2D eigenvalue weighted by Crippen LogP contribution is -2.55. The van der Waals surface area contributed by atoms with Crippen molar-refractivity contribution in [3.05, 3.63) is 53.5 Å². The first kappa shape index (κ1) is 15.8. The third-order valence-electron chi connectivity index (χ3n) is 3.81. The fraction of sp³-hybridized carbons (Fsp3) is 0.312. The predicted molar refractivity (Wildman–Crippen MR) is 81.4 cm³/mol. The minimum absolute atomic E-state index is 0.00430. The maximum absolute atomic E-state index is 11.6. The van der Waals surface area contributed by atoms with E-state index in [-0.39, 0.29) is 23.6 Å². The number of aliphatic carboxylic acids is 1. The SMILES string of the molecule is O=C([O-])C1=C(C=CC[n+]2cccc(CO)c2)CS[C@@H]2CC(=O)N12. The highest BCUT2D eigenvalue weighted by Crippen LogP contribution is 2.39. The van der Waals surface area contributed by atoms with E-state index in [1.807, 2.05) is 35.2 Å². The Morgan fingerprint density at radius 3 is 3.09 bits per heavy atom. The van der Waals surface area contributed by atoms with Gasteiger partial charge >= 0.3 is 0 Å². The molecule has 0 bridgehead atoms. The number of nitrogens with zero attached hydrogens (tertiary/aromatic N) is 2. The number of allylic oxidation sites excluding steroid dienone is 2. The number of aliphatic hydroxyl groups excluding tert-OH is 1. The van der Waals surface area contributed by atoms with Crippen molar-refractivity contribution < 1.29 is 24.4 Å². The van der Waals surface area contributed by atoms with Crippen LogP contribution in [0.3, 0.4) is 0 Å². The topological polar surface area (TPSA) is 84.5 Å². The van der Waals surface area contributed by atoms with Crippen molar-refractivity contribution >= 4 is 23.6 Å². The molecule has 1 atom stereocenters. The van der Waals surface area contributed by atoms with E-state index >= 15 is 0 Å². The van der Waals surface area contributed by atoms with Crippen LogP contribution in [0.5, 0.6) is 0 Å². The van der Waals surface area contributed by atoms with Crippen molar-refractivity contribution in [3.8, 4) is 0 Å². The average Bonchev–Trinajstić information content (AvgIpc) is 2.54. The van der Waals surface area contributed by atoms with Crippen LogP contribution in [-0.2, 0) is 22.7 Å². The third-order valence-corrected chi connectivity index (χ3v) is 5.05. The van der Waals surface area contributed by atoms with Crippen molar-refractivity contribution in [1.29, 1.82) is 0 Å². The molecule has 3 rings (SSSR count). The summed E-state index contributed by atoms with van der Waals surface area (Å²) < 4.78 is 1.88. The van der Waals surface area contributed by atoms with E-state index in [4.69, 9.17) is 5.11 Å². The van der Waals surface area contributed by atoms with Gasteiger partial charge in [0.25, 0.3) is 0 Å². The number of pyridine rings is 1. The van der Waals surface area contributed by atoms with Crippen molar-refractivity contribution in [2.24, 2.45) is 0 Å². The van der Waals surface area contributed by atoms with Crippen molar-refractivity contribution in [2.75, 3.05) is 5.75 Å². The van der Waals surface area contributed by atoms with Crippen molar-refractivity contribution in [1.82, 2.24) is 4.90 Å². The molecule has 1 N–H and O–H groups in total. The first-order valence-electron chi connectivity index (χ1n) is 7.23. The Hall–Kier alpha value is -2.12. The number of hydrogen-bond acceptors (Lipinski definition) is 5. The summed E-state index contributed by atoms with van der Waals surface area (Å²) in [6, 6.07) is 3.66. The number of fused-ring (bicyclic) bond motifs is 1. The van der Waals surface area contributed by atoms with Gasteiger partial charge in [-0.15, -0.1) is 11.8 Å². The summed E-state index contributed by atoms with van der Waals surface area (Å²) in [5, 5.41) is 20.4. The number of amides is 1. The molecule has 3 heterocycles. The summed E-state index contributed by atoms with van der Waals surface area (Å²) in [5.74, 6) is -0.925. The summed E-state index contributed by atoms with van der Waals surface area (Å²) in [5.41, 5.74) is 1.39. The van der Waals surface area contributed by atoms with Crippen LogP contribution in [0.25, 0.3) is 0 Å². The van der Waals surface area contributed by atoms with E-state index in [0.717, 1.165) is 5.56 Å². The molecule has 6 nitrogen and oxygen atoms in total. The minimum atomic E-state index is -1.31. The number of hydrogen-bond donors (Lipinski definition) is 1. The average molecular weight is 332 g/mol. The standard InChI is InChI=1S/C16H16N2O4S/c19-9-11-3-1-5-17(8-11)6-2-4-12-10-23-14-7-13(20)18(14)15(12)16(21)22/h1-5,8,14,19H,6-7,9-10H2/t14-/m1/s1. The smallest absolute Gasteiger partial charge is 0.231 e. The number of carbonyl (C=O) groups is 2. The molecule has 2 aliphatic heterocycles. The number of β-lactam (4-membered cyclic amide) rings is 1. The fourth-order valence-electron chi connectivity index (χ4n) is 2.65. The van der Waals surface area contributed by atoms with Gasteiger partial charge in [0.2, 0.25) is 5.91 Å². The molecule has 7 heteroatoms. The molecule has 120 valence electrons. The van der Waals surface area contributed by atoms with Gasteiger partial charge in [-0.2, -0.15) is 0 Å². The maximum atomic E-state index is 11.6. The Bertz CT molecular complexity index is 714. The second-order valence-corrected chi connectivity index (χ2v) is 6.53. The number of rotatable bonds is 5. The highest BCUT2D eigenvalue weighted by Gasteiger charge is 2.42. The van der Waals surface area contributed by atoms with Gasteiger partial charge in [0.1, 0.15) is 0 Å².